The average molecular weight is 230 g/mol. The first-order valence-electron chi connectivity index (χ1n) is 5.61. The zero-order valence-electron chi connectivity index (χ0n) is 10.4. The second kappa shape index (κ2) is 7.22. The highest BCUT2D eigenvalue weighted by Gasteiger charge is 2.18. The predicted molar refractivity (Wildman–Crippen MR) is 62.2 cm³/mol. The molecule has 94 valence electrons. The van der Waals surface area contributed by atoms with Crippen LogP contribution in [0.25, 0.3) is 0 Å². The summed E-state index contributed by atoms with van der Waals surface area (Å²) >= 11 is 0. The van der Waals surface area contributed by atoms with Gasteiger partial charge in [0.05, 0.1) is 6.04 Å². The molecular formula is C11H22N2O3. The van der Waals surface area contributed by atoms with Gasteiger partial charge in [-0.15, -0.1) is 0 Å². The highest BCUT2D eigenvalue weighted by Crippen LogP contribution is 1.96. The molecule has 1 amide bonds. The van der Waals surface area contributed by atoms with Crippen molar-refractivity contribution in [2.75, 3.05) is 6.54 Å². The van der Waals surface area contributed by atoms with E-state index in [9.17, 15) is 9.59 Å². The van der Waals surface area contributed by atoms with Crippen LogP contribution < -0.4 is 10.6 Å². The van der Waals surface area contributed by atoms with Crippen LogP contribution in [-0.4, -0.2) is 35.6 Å². The van der Waals surface area contributed by atoms with Gasteiger partial charge in [0, 0.05) is 6.54 Å². The quantitative estimate of drug-likeness (QED) is 0.598. The molecule has 2 atom stereocenters. The van der Waals surface area contributed by atoms with Crippen molar-refractivity contribution in [2.45, 2.75) is 46.2 Å². The first-order chi connectivity index (χ1) is 7.34. The number of nitrogens with one attached hydrogen (secondary N) is 2. The van der Waals surface area contributed by atoms with Crippen LogP contribution in [0, 0.1) is 5.92 Å². The lowest BCUT2D eigenvalue weighted by atomic mass is 10.1. The number of hydrogen-bond acceptors (Lipinski definition) is 3. The highest BCUT2D eigenvalue weighted by atomic mass is 16.4. The molecule has 5 nitrogen and oxygen atoms in total. The second-order valence-electron chi connectivity index (χ2n) is 4.42. The zero-order chi connectivity index (χ0) is 12.7. The van der Waals surface area contributed by atoms with Crippen LogP contribution in [0.4, 0.5) is 0 Å². The van der Waals surface area contributed by atoms with E-state index in [-0.39, 0.29) is 5.91 Å². The normalized spacial score (nSPS) is 14.6. The fourth-order valence-corrected chi connectivity index (χ4v) is 1.16. The summed E-state index contributed by atoms with van der Waals surface area (Å²) in [5, 5.41) is 14.1. The van der Waals surface area contributed by atoms with Gasteiger partial charge in [0.15, 0.2) is 0 Å². The fourth-order valence-electron chi connectivity index (χ4n) is 1.16. The number of carboxylic acids is 1. The number of aliphatic carboxylic acids is 1. The van der Waals surface area contributed by atoms with Gasteiger partial charge in [0.1, 0.15) is 6.04 Å². The summed E-state index contributed by atoms with van der Waals surface area (Å²) in [5.74, 6) is -0.572. The van der Waals surface area contributed by atoms with E-state index in [0.29, 0.717) is 12.5 Å². The third kappa shape index (κ3) is 6.40. The zero-order valence-corrected chi connectivity index (χ0v) is 10.4. The van der Waals surface area contributed by atoms with E-state index in [1.807, 2.05) is 0 Å². The maximum Gasteiger partial charge on any atom is 0.320 e. The molecule has 0 aromatic rings. The Morgan fingerprint density at radius 3 is 2.12 bits per heavy atom. The van der Waals surface area contributed by atoms with Gasteiger partial charge in [-0.2, -0.15) is 0 Å². The van der Waals surface area contributed by atoms with Gasteiger partial charge < -0.3 is 10.4 Å². The van der Waals surface area contributed by atoms with Gasteiger partial charge in [0.2, 0.25) is 5.91 Å². The Kier molecular flexibility index (Phi) is 6.72. The van der Waals surface area contributed by atoms with Crippen molar-refractivity contribution in [1.82, 2.24) is 10.6 Å². The lowest BCUT2D eigenvalue weighted by Crippen LogP contribution is -2.48. The Morgan fingerprint density at radius 1 is 1.12 bits per heavy atom. The maximum absolute atomic E-state index is 11.5. The van der Waals surface area contributed by atoms with E-state index in [0.717, 1.165) is 6.42 Å². The number of carbonyl (C=O) groups excluding carboxylic acids is 1. The summed E-state index contributed by atoms with van der Waals surface area (Å²) in [5.41, 5.74) is 0. The molecule has 0 saturated heterocycles. The van der Waals surface area contributed by atoms with Crippen LogP contribution in [0.1, 0.15) is 34.1 Å². The van der Waals surface area contributed by atoms with E-state index in [4.69, 9.17) is 5.11 Å². The second-order valence-corrected chi connectivity index (χ2v) is 4.42. The smallest absolute Gasteiger partial charge is 0.320 e. The molecule has 0 bridgehead atoms. The van der Waals surface area contributed by atoms with Crippen molar-refractivity contribution >= 4 is 11.9 Å². The number of amides is 1. The third-order valence-corrected chi connectivity index (χ3v) is 2.28. The molecule has 0 aliphatic carbocycles. The lowest BCUT2D eigenvalue weighted by Gasteiger charge is -2.17. The van der Waals surface area contributed by atoms with Crippen molar-refractivity contribution in [3.63, 3.8) is 0 Å². The third-order valence-electron chi connectivity index (χ3n) is 2.28. The summed E-state index contributed by atoms with van der Waals surface area (Å²) < 4.78 is 0. The molecule has 0 aromatic carbocycles. The van der Waals surface area contributed by atoms with Crippen LogP contribution in [0.15, 0.2) is 0 Å². The van der Waals surface area contributed by atoms with Gasteiger partial charge in [-0.05, 0) is 26.2 Å². The molecule has 2 unspecified atom stereocenters. The fraction of sp³-hybridized carbons (Fsp3) is 0.818. The molecule has 0 aliphatic heterocycles. The average Bonchev–Trinajstić information content (AvgIpc) is 2.16. The number of carboxylic acid groups (broad SMARTS) is 1. The first-order valence-corrected chi connectivity index (χ1v) is 5.61. The van der Waals surface area contributed by atoms with E-state index < -0.39 is 18.1 Å². The van der Waals surface area contributed by atoms with E-state index >= 15 is 0 Å². The molecule has 5 heteroatoms. The lowest BCUT2D eigenvalue weighted by molar-refractivity contribution is -0.139. The molecule has 0 spiro atoms. The summed E-state index contributed by atoms with van der Waals surface area (Å²) in [6, 6.07) is -1.20. The number of carbonyl (C=O) groups is 2. The first kappa shape index (κ1) is 14.9. The van der Waals surface area contributed by atoms with Gasteiger partial charge >= 0.3 is 5.97 Å². The van der Waals surface area contributed by atoms with E-state index in [2.05, 4.69) is 24.5 Å². The molecule has 0 aromatic heterocycles. The van der Waals surface area contributed by atoms with Crippen LogP contribution >= 0.6 is 0 Å². The van der Waals surface area contributed by atoms with Crippen molar-refractivity contribution in [1.29, 1.82) is 0 Å². The molecular weight excluding hydrogens is 208 g/mol. The highest BCUT2D eigenvalue weighted by molar-refractivity contribution is 5.82. The largest absolute Gasteiger partial charge is 0.480 e. The molecule has 0 rings (SSSR count). The Balaban J connectivity index is 3.86. The predicted octanol–water partition coefficient (Wildman–Crippen LogP) is 0.600. The van der Waals surface area contributed by atoms with Crippen molar-refractivity contribution < 1.29 is 14.7 Å². The van der Waals surface area contributed by atoms with Gasteiger partial charge in [-0.25, -0.2) is 0 Å². The SMILES string of the molecule is CC(C)CCNC(=O)C(C)NC(C)C(=O)O. The number of rotatable bonds is 7. The van der Waals surface area contributed by atoms with E-state index in [1.54, 1.807) is 6.92 Å². The Morgan fingerprint density at radius 2 is 1.69 bits per heavy atom. The minimum Gasteiger partial charge on any atom is -0.480 e. The Labute approximate surface area is 96.6 Å². The molecule has 0 radical (unpaired) electrons. The summed E-state index contributed by atoms with van der Waals surface area (Å²) in [7, 11) is 0. The van der Waals surface area contributed by atoms with Crippen LogP contribution in [0.2, 0.25) is 0 Å². The molecule has 0 aliphatic rings. The molecule has 0 saturated carbocycles. The molecule has 3 N–H and O–H groups in total. The summed E-state index contributed by atoms with van der Waals surface area (Å²) in [6.45, 7) is 7.97. The molecule has 0 heterocycles. The van der Waals surface area contributed by atoms with Gasteiger partial charge in [-0.1, -0.05) is 13.8 Å². The van der Waals surface area contributed by atoms with Crippen molar-refractivity contribution in [3.8, 4) is 0 Å². The molecule has 0 fully saturated rings. The monoisotopic (exact) mass is 230 g/mol. The van der Waals surface area contributed by atoms with Crippen LogP contribution in [-0.2, 0) is 9.59 Å². The van der Waals surface area contributed by atoms with Gasteiger partial charge in [-0.3, -0.25) is 14.9 Å². The number of hydrogen-bond donors (Lipinski definition) is 3. The standard InChI is InChI=1S/C11H22N2O3/c1-7(2)5-6-12-10(14)8(3)13-9(4)11(15)16/h7-9,13H,5-6H2,1-4H3,(H,12,14)(H,15,16). The summed E-state index contributed by atoms with van der Waals surface area (Å²) in [4.78, 5) is 22.1. The Hall–Kier alpha value is -1.10. The van der Waals surface area contributed by atoms with Crippen molar-refractivity contribution in [2.24, 2.45) is 5.92 Å². The van der Waals surface area contributed by atoms with Crippen LogP contribution in [0.5, 0.6) is 0 Å². The van der Waals surface area contributed by atoms with Crippen LogP contribution in [0.3, 0.4) is 0 Å². The molecule has 16 heavy (non-hydrogen) atoms. The topological polar surface area (TPSA) is 78.4 Å². The minimum absolute atomic E-state index is 0.159. The Bertz CT molecular complexity index is 241. The minimum atomic E-state index is -0.957. The van der Waals surface area contributed by atoms with E-state index in [1.165, 1.54) is 6.92 Å². The summed E-state index contributed by atoms with van der Waals surface area (Å²) in [6.07, 6.45) is 0.924. The van der Waals surface area contributed by atoms with Crippen molar-refractivity contribution in [3.05, 3.63) is 0 Å². The van der Waals surface area contributed by atoms with Gasteiger partial charge in [0.25, 0.3) is 0 Å². The maximum atomic E-state index is 11.5.